The SMILES string of the molecule is CC#Cc1cc(C)c(C2=C(OC(=O)c3ccc([N+](=O)O)cc3)CC(Cc3ccccn3)C2=O)c(C)c1. The van der Waals surface area contributed by atoms with Crippen LogP contribution in [0, 0.1) is 36.5 Å². The summed E-state index contributed by atoms with van der Waals surface area (Å²) in [6.07, 6.45) is 2.37. The molecule has 36 heavy (non-hydrogen) atoms. The molecule has 0 fully saturated rings. The fraction of sp³-hybridized carbons (Fsp3) is 0.207. The van der Waals surface area contributed by atoms with E-state index in [4.69, 9.17) is 9.94 Å². The zero-order chi connectivity index (χ0) is 25.8. The Morgan fingerprint density at radius 3 is 2.42 bits per heavy atom. The molecule has 0 saturated heterocycles. The summed E-state index contributed by atoms with van der Waals surface area (Å²) in [5.74, 6) is 5.08. The number of pyridine rings is 1. The third-order valence-corrected chi connectivity index (χ3v) is 6.10. The molecule has 2 aromatic carbocycles. The van der Waals surface area contributed by atoms with Crippen LogP contribution in [0.3, 0.4) is 0 Å². The maximum Gasteiger partial charge on any atom is 0.343 e. The van der Waals surface area contributed by atoms with Crippen LogP contribution < -0.4 is 0 Å². The molecule has 1 aliphatic carbocycles. The van der Waals surface area contributed by atoms with Gasteiger partial charge in [0, 0.05) is 48.3 Å². The first-order valence-corrected chi connectivity index (χ1v) is 11.5. The third-order valence-electron chi connectivity index (χ3n) is 6.10. The van der Waals surface area contributed by atoms with Crippen molar-refractivity contribution in [2.75, 3.05) is 0 Å². The molecule has 1 aliphatic rings. The molecule has 180 valence electrons. The van der Waals surface area contributed by atoms with Crippen molar-refractivity contribution < 1.29 is 24.5 Å². The molecule has 7 nitrogen and oxygen atoms in total. The molecule has 0 aliphatic heterocycles. The van der Waals surface area contributed by atoms with E-state index in [1.54, 1.807) is 13.1 Å². The summed E-state index contributed by atoms with van der Waals surface area (Å²) in [5, 5.41) is 9.03. The average Bonchev–Trinajstić information content (AvgIpc) is 3.14. The van der Waals surface area contributed by atoms with Gasteiger partial charge in [0.25, 0.3) is 4.92 Å². The van der Waals surface area contributed by atoms with Crippen LogP contribution in [-0.4, -0.2) is 26.9 Å². The lowest BCUT2D eigenvalue weighted by Gasteiger charge is -2.14. The van der Waals surface area contributed by atoms with Crippen molar-refractivity contribution in [2.24, 2.45) is 5.92 Å². The Balaban J connectivity index is 1.73. The number of rotatable bonds is 6. The van der Waals surface area contributed by atoms with Crippen molar-refractivity contribution in [3.8, 4) is 11.8 Å². The van der Waals surface area contributed by atoms with Gasteiger partial charge in [-0.05, 0) is 73.9 Å². The Hall–Kier alpha value is -4.57. The molecule has 4 rings (SSSR count). The maximum atomic E-state index is 13.7. The van der Waals surface area contributed by atoms with Gasteiger partial charge in [-0.1, -0.05) is 12.0 Å². The summed E-state index contributed by atoms with van der Waals surface area (Å²) >= 11 is 0. The minimum absolute atomic E-state index is 0.0144. The lowest BCUT2D eigenvalue weighted by Crippen LogP contribution is -2.14. The third kappa shape index (κ3) is 5.08. The predicted molar refractivity (Wildman–Crippen MR) is 133 cm³/mol. The first-order valence-electron chi connectivity index (χ1n) is 11.5. The first kappa shape index (κ1) is 24.6. The number of carbonyl (C=O) groups is 2. The molecule has 1 atom stereocenters. The summed E-state index contributed by atoms with van der Waals surface area (Å²) in [4.78, 5) is 41.8. The van der Waals surface area contributed by atoms with Crippen LogP contribution in [0.4, 0.5) is 5.69 Å². The summed E-state index contributed by atoms with van der Waals surface area (Å²) < 4.78 is 5.81. The van der Waals surface area contributed by atoms with Crippen LogP contribution in [-0.2, 0) is 16.0 Å². The number of carbonyl (C=O) groups excluding carboxylic acids is 2. The second kappa shape index (κ2) is 10.4. The molecule has 1 heterocycles. The van der Waals surface area contributed by atoms with E-state index < -0.39 is 11.9 Å². The van der Waals surface area contributed by atoms with Gasteiger partial charge in [-0.25, -0.2) is 10.0 Å². The number of ether oxygens (including phenoxy) is 1. The van der Waals surface area contributed by atoms with Gasteiger partial charge in [0.2, 0.25) is 0 Å². The smallest absolute Gasteiger partial charge is 0.343 e. The van der Waals surface area contributed by atoms with Crippen LogP contribution in [0.5, 0.6) is 0 Å². The van der Waals surface area contributed by atoms with E-state index in [2.05, 4.69) is 16.8 Å². The zero-order valence-corrected chi connectivity index (χ0v) is 20.2. The first-order chi connectivity index (χ1) is 17.3. The van der Waals surface area contributed by atoms with Crippen LogP contribution in [0.1, 0.15) is 51.7 Å². The van der Waals surface area contributed by atoms with Gasteiger partial charge in [0.05, 0.1) is 16.0 Å². The molecule has 1 N–H and O–H groups in total. The van der Waals surface area contributed by atoms with E-state index >= 15 is 0 Å². The minimum Gasteiger partial charge on any atom is -0.427 e. The molecule has 1 unspecified atom stereocenters. The molecule has 0 radical (unpaired) electrons. The molecule has 0 saturated carbocycles. The molecular weight excluding hydrogens is 456 g/mol. The Kier molecular flexibility index (Phi) is 7.07. The number of allylic oxidation sites excluding steroid dienone is 2. The van der Waals surface area contributed by atoms with Gasteiger partial charge in [-0.3, -0.25) is 9.78 Å². The zero-order valence-electron chi connectivity index (χ0n) is 20.2. The van der Waals surface area contributed by atoms with Gasteiger partial charge in [-0.2, -0.15) is 0 Å². The van der Waals surface area contributed by atoms with Gasteiger partial charge in [0.15, 0.2) is 5.78 Å². The average molecular weight is 482 g/mol. The lowest BCUT2D eigenvalue weighted by atomic mass is 9.89. The molecular formula is C29H25N2O5+. The number of benzene rings is 2. The number of aryl methyl sites for hydroxylation is 2. The number of hydrogen-bond acceptors (Lipinski definition) is 5. The number of aromatic nitrogens is 1. The van der Waals surface area contributed by atoms with Crippen molar-refractivity contribution in [2.45, 2.75) is 33.6 Å². The minimum atomic E-state index is -0.653. The van der Waals surface area contributed by atoms with Crippen molar-refractivity contribution in [3.63, 3.8) is 0 Å². The van der Waals surface area contributed by atoms with E-state index in [1.807, 2.05) is 44.2 Å². The van der Waals surface area contributed by atoms with Gasteiger partial charge in [0.1, 0.15) is 5.76 Å². The lowest BCUT2D eigenvalue weighted by molar-refractivity contribution is -0.729. The normalized spacial score (nSPS) is 14.9. The van der Waals surface area contributed by atoms with Crippen LogP contribution in [0.25, 0.3) is 5.57 Å². The van der Waals surface area contributed by atoms with Crippen LogP contribution >= 0.6 is 0 Å². The Bertz CT molecular complexity index is 1420. The van der Waals surface area contributed by atoms with Crippen LogP contribution in [0.15, 0.2) is 66.6 Å². The standard InChI is InChI=1S/C29H25N2O5/c1-4-7-20-14-18(2)26(19(3)15-20)27-25(17-22(28(27)32)16-23-8-5-6-13-30-23)36-29(33)21-9-11-24(12-10-21)31(34)35/h5-6,8-15,22H,16-17H2,1-3H3,(H,34,35)/q+1. The van der Waals surface area contributed by atoms with Gasteiger partial charge < -0.3 is 4.74 Å². The highest BCUT2D eigenvalue weighted by atomic mass is 16.6. The number of Topliss-reactive ketones (excluding diaryl/α,β-unsaturated/α-hetero) is 1. The fourth-order valence-corrected chi connectivity index (χ4v) is 4.52. The maximum absolute atomic E-state index is 13.7. The molecule has 0 bridgehead atoms. The summed E-state index contributed by atoms with van der Waals surface area (Å²) in [5.41, 5.74) is 4.68. The summed E-state index contributed by atoms with van der Waals surface area (Å²) in [6.45, 7) is 5.59. The molecule has 0 spiro atoms. The highest BCUT2D eigenvalue weighted by Crippen LogP contribution is 2.40. The predicted octanol–water partition coefficient (Wildman–Crippen LogP) is 5.27. The Morgan fingerprint density at radius 1 is 1.14 bits per heavy atom. The van der Waals surface area contributed by atoms with E-state index in [0.717, 1.165) is 27.9 Å². The van der Waals surface area contributed by atoms with Gasteiger partial charge in [-0.15, -0.1) is 5.92 Å². The van der Waals surface area contributed by atoms with E-state index in [-0.39, 0.29) is 28.4 Å². The van der Waals surface area contributed by atoms with Crippen molar-refractivity contribution in [1.82, 2.24) is 4.98 Å². The Morgan fingerprint density at radius 2 is 1.83 bits per heavy atom. The van der Waals surface area contributed by atoms with E-state index in [1.165, 1.54) is 24.3 Å². The number of hydrogen-bond donors (Lipinski definition) is 1. The largest absolute Gasteiger partial charge is 0.427 e. The second-order valence-corrected chi connectivity index (χ2v) is 8.66. The Labute approximate surface area is 209 Å². The molecule has 1 aromatic heterocycles. The molecule has 0 amide bonds. The highest BCUT2D eigenvalue weighted by molar-refractivity contribution is 6.25. The summed E-state index contributed by atoms with van der Waals surface area (Å²) in [7, 11) is 0. The highest BCUT2D eigenvalue weighted by Gasteiger charge is 2.38. The van der Waals surface area contributed by atoms with Crippen LogP contribution in [0.2, 0.25) is 0 Å². The number of esters is 1. The topological polar surface area (TPSA) is 96.6 Å². The quantitative estimate of drug-likeness (QED) is 0.293. The van der Waals surface area contributed by atoms with Crippen molar-refractivity contribution in [1.29, 1.82) is 0 Å². The second-order valence-electron chi connectivity index (χ2n) is 8.66. The summed E-state index contributed by atoms with van der Waals surface area (Å²) in [6, 6.07) is 14.8. The monoisotopic (exact) mass is 481 g/mol. The molecule has 3 aromatic rings. The fourth-order valence-electron chi connectivity index (χ4n) is 4.52. The van der Waals surface area contributed by atoms with Crippen molar-refractivity contribution >= 4 is 23.0 Å². The van der Waals surface area contributed by atoms with Gasteiger partial charge >= 0.3 is 11.7 Å². The van der Waals surface area contributed by atoms with Crippen molar-refractivity contribution in [3.05, 3.63) is 105 Å². The van der Waals surface area contributed by atoms with E-state index in [9.17, 15) is 14.5 Å². The molecule has 7 heteroatoms. The number of nitrogens with zero attached hydrogens (tertiary/aromatic N) is 2. The number of ketones is 1. The van der Waals surface area contributed by atoms with E-state index in [0.29, 0.717) is 17.8 Å².